The molecule has 4 heteroatoms. The second kappa shape index (κ2) is 5.87. The van der Waals surface area contributed by atoms with Gasteiger partial charge in [-0.25, -0.2) is 4.39 Å². The number of nitrogens with one attached hydrogen (secondary N) is 2. The van der Waals surface area contributed by atoms with Crippen LogP contribution < -0.4 is 15.4 Å². The zero-order valence-corrected chi connectivity index (χ0v) is 10.1. The van der Waals surface area contributed by atoms with E-state index in [1.807, 2.05) is 0 Å². The van der Waals surface area contributed by atoms with Gasteiger partial charge in [-0.05, 0) is 44.0 Å². The summed E-state index contributed by atoms with van der Waals surface area (Å²) in [6, 6.07) is 4.55. The maximum absolute atomic E-state index is 13.1. The van der Waals surface area contributed by atoms with Gasteiger partial charge in [-0.2, -0.15) is 0 Å². The maximum Gasteiger partial charge on any atom is 0.142 e. The molecule has 1 saturated heterocycles. The van der Waals surface area contributed by atoms with Crippen molar-refractivity contribution in [1.29, 1.82) is 0 Å². The van der Waals surface area contributed by atoms with Crippen LogP contribution in [0.5, 0.6) is 5.75 Å². The molecule has 17 heavy (non-hydrogen) atoms. The Bertz CT molecular complexity index is 364. The first-order valence-corrected chi connectivity index (χ1v) is 6.07. The quantitative estimate of drug-likeness (QED) is 0.844. The molecule has 2 rings (SSSR count). The first-order chi connectivity index (χ1) is 8.29. The van der Waals surface area contributed by atoms with Gasteiger partial charge in [0.1, 0.15) is 11.6 Å². The zero-order valence-electron chi connectivity index (χ0n) is 10.1. The summed E-state index contributed by atoms with van der Waals surface area (Å²) in [5.74, 6) is 1.11. The fraction of sp³-hybridized carbons (Fsp3) is 0.538. The van der Waals surface area contributed by atoms with Gasteiger partial charge < -0.3 is 15.4 Å². The van der Waals surface area contributed by atoms with Crippen molar-refractivity contribution in [1.82, 2.24) is 5.32 Å². The van der Waals surface area contributed by atoms with E-state index < -0.39 is 0 Å². The minimum Gasteiger partial charge on any atom is -0.495 e. The predicted octanol–water partition coefficient (Wildman–Crippen LogP) is 2.25. The molecule has 2 N–H and O–H groups in total. The summed E-state index contributed by atoms with van der Waals surface area (Å²) in [6.45, 7) is 3.03. The molecular weight excluding hydrogens is 219 g/mol. The van der Waals surface area contributed by atoms with Gasteiger partial charge in [-0.1, -0.05) is 0 Å². The van der Waals surface area contributed by atoms with E-state index in [9.17, 15) is 4.39 Å². The summed E-state index contributed by atoms with van der Waals surface area (Å²) in [4.78, 5) is 0. The van der Waals surface area contributed by atoms with Crippen LogP contribution in [0.25, 0.3) is 0 Å². The summed E-state index contributed by atoms with van der Waals surface area (Å²) in [5.41, 5.74) is 0.742. The number of halogens is 1. The summed E-state index contributed by atoms with van der Waals surface area (Å²) >= 11 is 0. The third-order valence-corrected chi connectivity index (χ3v) is 3.20. The lowest BCUT2D eigenvalue weighted by molar-refractivity contribution is 0.387. The van der Waals surface area contributed by atoms with E-state index in [4.69, 9.17) is 4.74 Å². The first-order valence-electron chi connectivity index (χ1n) is 6.07. The zero-order chi connectivity index (χ0) is 12.1. The summed E-state index contributed by atoms with van der Waals surface area (Å²) in [5, 5.41) is 6.61. The molecular formula is C13H19FN2O. The Kier molecular flexibility index (Phi) is 4.20. The number of rotatable bonds is 4. The van der Waals surface area contributed by atoms with Gasteiger partial charge in [0.25, 0.3) is 0 Å². The molecule has 0 unspecified atom stereocenters. The normalized spacial score (nSPS) is 16.8. The van der Waals surface area contributed by atoms with Gasteiger partial charge in [0.15, 0.2) is 0 Å². The van der Waals surface area contributed by atoms with E-state index in [0.29, 0.717) is 11.7 Å². The Balaban J connectivity index is 1.95. The van der Waals surface area contributed by atoms with Gasteiger partial charge in [-0.3, -0.25) is 0 Å². The van der Waals surface area contributed by atoms with Crippen LogP contribution in [-0.4, -0.2) is 26.7 Å². The summed E-state index contributed by atoms with van der Waals surface area (Å²) in [7, 11) is 1.60. The lowest BCUT2D eigenvalue weighted by atomic mass is 9.98. The molecule has 0 aromatic heterocycles. The number of anilines is 1. The van der Waals surface area contributed by atoms with E-state index in [-0.39, 0.29) is 5.82 Å². The van der Waals surface area contributed by atoms with Crippen LogP contribution in [0.15, 0.2) is 18.2 Å². The van der Waals surface area contributed by atoms with Crippen molar-refractivity contribution >= 4 is 5.69 Å². The van der Waals surface area contributed by atoms with E-state index in [0.717, 1.165) is 25.3 Å². The van der Waals surface area contributed by atoms with Crippen LogP contribution in [-0.2, 0) is 0 Å². The molecule has 1 aromatic carbocycles. The summed E-state index contributed by atoms with van der Waals surface area (Å²) in [6.07, 6.45) is 2.34. The monoisotopic (exact) mass is 238 g/mol. The Morgan fingerprint density at radius 2 is 2.18 bits per heavy atom. The molecule has 1 aliphatic rings. The van der Waals surface area contributed by atoms with E-state index >= 15 is 0 Å². The molecule has 0 aliphatic carbocycles. The van der Waals surface area contributed by atoms with Gasteiger partial charge in [0, 0.05) is 12.6 Å². The van der Waals surface area contributed by atoms with Gasteiger partial charge >= 0.3 is 0 Å². The van der Waals surface area contributed by atoms with Crippen LogP contribution in [0.2, 0.25) is 0 Å². The predicted molar refractivity (Wildman–Crippen MR) is 67.0 cm³/mol. The van der Waals surface area contributed by atoms with Crippen molar-refractivity contribution in [2.75, 3.05) is 32.1 Å². The summed E-state index contributed by atoms with van der Waals surface area (Å²) < 4.78 is 18.3. The van der Waals surface area contributed by atoms with Crippen molar-refractivity contribution in [3.05, 3.63) is 24.0 Å². The Morgan fingerprint density at radius 1 is 1.41 bits per heavy atom. The standard InChI is InChI=1S/C13H19FN2O/c1-17-13-3-2-11(14)8-12(13)16-9-10-4-6-15-7-5-10/h2-3,8,10,15-16H,4-7,9H2,1H3. The largest absolute Gasteiger partial charge is 0.495 e. The van der Waals surface area contributed by atoms with Crippen molar-refractivity contribution < 1.29 is 9.13 Å². The third-order valence-electron chi connectivity index (χ3n) is 3.20. The lowest BCUT2D eigenvalue weighted by Crippen LogP contribution is -2.31. The topological polar surface area (TPSA) is 33.3 Å². The SMILES string of the molecule is COc1ccc(F)cc1NCC1CCNCC1. The Labute approximate surface area is 101 Å². The molecule has 0 atom stereocenters. The molecule has 0 amide bonds. The average molecular weight is 238 g/mol. The van der Waals surface area contributed by atoms with E-state index in [2.05, 4.69) is 10.6 Å². The average Bonchev–Trinajstić information content (AvgIpc) is 2.38. The van der Waals surface area contributed by atoms with E-state index in [1.54, 1.807) is 13.2 Å². The van der Waals surface area contributed by atoms with Crippen molar-refractivity contribution in [2.24, 2.45) is 5.92 Å². The molecule has 0 bridgehead atoms. The minimum absolute atomic E-state index is 0.237. The molecule has 0 radical (unpaired) electrons. The number of piperidine rings is 1. The highest BCUT2D eigenvalue weighted by atomic mass is 19.1. The van der Waals surface area contributed by atoms with Crippen LogP contribution >= 0.6 is 0 Å². The van der Waals surface area contributed by atoms with Gasteiger partial charge in [0.2, 0.25) is 0 Å². The second-order valence-corrected chi connectivity index (χ2v) is 4.42. The van der Waals surface area contributed by atoms with Crippen LogP contribution in [0, 0.1) is 11.7 Å². The first kappa shape index (κ1) is 12.2. The fourth-order valence-corrected chi connectivity index (χ4v) is 2.16. The Hall–Kier alpha value is -1.29. The minimum atomic E-state index is -0.237. The van der Waals surface area contributed by atoms with Gasteiger partial charge in [-0.15, -0.1) is 0 Å². The van der Waals surface area contributed by atoms with Crippen molar-refractivity contribution in [3.8, 4) is 5.75 Å². The van der Waals surface area contributed by atoms with Crippen LogP contribution in [0.1, 0.15) is 12.8 Å². The molecule has 3 nitrogen and oxygen atoms in total. The highest BCUT2D eigenvalue weighted by Crippen LogP contribution is 2.25. The molecule has 0 saturated carbocycles. The molecule has 1 aliphatic heterocycles. The molecule has 1 heterocycles. The van der Waals surface area contributed by atoms with Gasteiger partial charge in [0.05, 0.1) is 12.8 Å². The molecule has 0 spiro atoms. The van der Waals surface area contributed by atoms with Crippen LogP contribution in [0.3, 0.4) is 0 Å². The van der Waals surface area contributed by atoms with Crippen LogP contribution in [0.4, 0.5) is 10.1 Å². The second-order valence-electron chi connectivity index (χ2n) is 4.42. The Morgan fingerprint density at radius 3 is 2.88 bits per heavy atom. The fourth-order valence-electron chi connectivity index (χ4n) is 2.16. The smallest absolute Gasteiger partial charge is 0.142 e. The maximum atomic E-state index is 13.1. The molecule has 1 fully saturated rings. The lowest BCUT2D eigenvalue weighted by Gasteiger charge is -2.23. The number of ether oxygens (including phenoxy) is 1. The van der Waals surface area contributed by atoms with Crippen molar-refractivity contribution in [3.63, 3.8) is 0 Å². The van der Waals surface area contributed by atoms with E-state index in [1.165, 1.54) is 25.0 Å². The third kappa shape index (κ3) is 3.33. The highest BCUT2D eigenvalue weighted by Gasteiger charge is 2.13. The molecule has 94 valence electrons. The number of hydrogen-bond acceptors (Lipinski definition) is 3. The number of methoxy groups -OCH3 is 1. The highest BCUT2D eigenvalue weighted by molar-refractivity contribution is 5.56. The number of benzene rings is 1. The van der Waals surface area contributed by atoms with Crippen molar-refractivity contribution in [2.45, 2.75) is 12.8 Å². The number of hydrogen-bond donors (Lipinski definition) is 2. The molecule has 1 aromatic rings.